The van der Waals surface area contributed by atoms with Crippen LogP contribution < -0.4 is 15.9 Å². The van der Waals surface area contributed by atoms with E-state index in [9.17, 15) is 4.79 Å². The average Bonchev–Trinajstić information content (AvgIpc) is 3.01. The molecule has 0 aliphatic carbocycles. The van der Waals surface area contributed by atoms with Gasteiger partial charge < -0.3 is 15.9 Å². The van der Waals surface area contributed by atoms with E-state index in [1.807, 2.05) is 30.3 Å². The number of nitrogens with two attached hydrogens (primary N) is 1. The highest BCUT2D eigenvalue weighted by atomic mass is 35.5. The van der Waals surface area contributed by atoms with Gasteiger partial charge in [-0.25, -0.2) is 4.68 Å². The monoisotopic (exact) mass is 375 g/mol. The summed E-state index contributed by atoms with van der Waals surface area (Å²) in [6, 6.07) is 14.3. The van der Waals surface area contributed by atoms with Gasteiger partial charge in [-0.15, -0.1) is 10.2 Å². The summed E-state index contributed by atoms with van der Waals surface area (Å²) in [4.78, 5) is 12.2. The van der Waals surface area contributed by atoms with Gasteiger partial charge in [-0.05, 0) is 30.3 Å². The van der Waals surface area contributed by atoms with Gasteiger partial charge in [-0.3, -0.25) is 4.79 Å². The first-order chi connectivity index (χ1) is 12.1. The molecule has 1 amide bonds. The van der Waals surface area contributed by atoms with Crippen LogP contribution in [0.15, 0.2) is 60.0 Å². The van der Waals surface area contributed by atoms with Crippen molar-refractivity contribution in [3.05, 3.63) is 59.9 Å². The first-order valence-electron chi connectivity index (χ1n) is 7.22. The van der Waals surface area contributed by atoms with Crippen LogP contribution in [-0.4, -0.2) is 26.5 Å². The lowest BCUT2D eigenvalue weighted by atomic mass is 10.3. The highest BCUT2D eigenvalue weighted by Gasteiger charge is 2.12. The Kier molecular flexibility index (Phi) is 5.42. The summed E-state index contributed by atoms with van der Waals surface area (Å²) < 4.78 is 7.06. The van der Waals surface area contributed by atoms with E-state index in [2.05, 4.69) is 15.5 Å². The molecule has 0 aliphatic heterocycles. The Labute approximate surface area is 153 Å². The summed E-state index contributed by atoms with van der Waals surface area (Å²) in [7, 11) is 0. The Bertz CT molecular complexity index is 872. The van der Waals surface area contributed by atoms with Crippen molar-refractivity contribution in [2.45, 2.75) is 5.16 Å². The molecule has 0 fully saturated rings. The molecule has 0 spiro atoms. The SMILES string of the molecule is Nn1cnnc1SCC(=O)Nc1cc(Cl)ccc1Oc1ccccc1. The van der Waals surface area contributed by atoms with Crippen LogP contribution in [-0.2, 0) is 4.79 Å². The van der Waals surface area contributed by atoms with Crippen LogP contribution >= 0.6 is 23.4 Å². The number of carbonyl (C=O) groups excluding carboxylic acids is 1. The van der Waals surface area contributed by atoms with Gasteiger partial charge in [0.05, 0.1) is 11.4 Å². The molecule has 9 heteroatoms. The van der Waals surface area contributed by atoms with E-state index in [0.29, 0.717) is 27.4 Å². The Morgan fingerprint density at radius 2 is 2.08 bits per heavy atom. The number of para-hydroxylation sites is 1. The van der Waals surface area contributed by atoms with Crippen molar-refractivity contribution in [2.75, 3.05) is 16.9 Å². The molecule has 0 atom stereocenters. The second kappa shape index (κ2) is 7.91. The first kappa shape index (κ1) is 17.1. The van der Waals surface area contributed by atoms with E-state index in [1.54, 1.807) is 18.2 Å². The van der Waals surface area contributed by atoms with E-state index < -0.39 is 0 Å². The third-order valence-corrected chi connectivity index (χ3v) is 4.25. The van der Waals surface area contributed by atoms with Crippen LogP contribution in [0.1, 0.15) is 0 Å². The van der Waals surface area contributed by atoms with Crippen molar-refractivity contribution in [1.29, 1.82) is 0 Å². The average molecular weight is 376 g/mol. The van der Waals surface area contributed by atoms with Crippen molar-refractivity contribution in [3.8, 4) is 11.5 Å². The summed E-state index contributed by atoms with van der Waals surface area (Å²) in [5, 5.41) is 11.2. The van der Waals surface area contributed by atoms with Crippen molar-refractivity contribution < 1.29 is 9.53 Å². The Morgan fingerprint density at radius 3 is 2.80 bits per heavy atom. The molecule has 7 nitrogen and oxygen atoms in total. The molecule has 128 valence electrons. The van der Waals surface area contributed by atoms with E-state index in [-0.39, 0.29) is 11.7 Å². The number of amides is 1. The van der Waals surface area contributed by atoms with Gasteiger partial charge in [0.25, 0.3) is 0 Å². The highest BCUT2D eigenvalue weighted by molar-refractivity contribution is 7.99. The normalized spacial score (nSPS) is 10.4. The quantitative estimate of drug-likeness (QED) is 0.507. The van der Waals surface area contributed by atoms with E-state index in [0.717, 1.165) is 0 Å². The van der Waals surface area contributed by atoms with E-state index in [4.69, 9.17) is 22.2 Å². The molecule has 3 N–H and O–H groups in total. The molecule has 0 saturated heterocycles. The van der Waals surface area contributed by atoms with Gasteiger partial charge in [0.15, 0.2) is 5.75 Å². The molecule has 2 aromatic carbocycles. The molecule has 0 unspecified atom stereocenters. The number of carbonyl (C=O) groups is 1. The smallest absolute Gasteiger partial charge is 0.234 e. The maximum absolute atomic E-state index is 12.2. The number of ether oxygens (including phenoxy) is 1. The number of halogens is 1. The predicted octanol–water partition coefficient (Wildman–Crippen LogP) is 3.17. The van der Waals surface area contributed by atoms with Crippen LogP contribution in [0.5, 0.6) is 11.5 Å². The molecule has 25 heavy (non-hydrogen) atoms. The Hall–Kier alpha value is -2.71. The minimum atomic E-state index is -0.242. The van der Waals surface area contributed by atoms with Crippen LogP contribution in [0.2, 0.25) is 5.02 Å². The molecule has 0 bridgehead atoms. The number of nitrogen functional groups attached to an aromatic ring is 1. The molecule has 0 radical (unpaired) electrons. The van der Waals surface area contributed by atoms with Gasteiger partial charge in [0.2, 0.25) is 11.1 Å². The summed E-state index contributed by atoms with van der Waals surface area (Å²) in [6.07, 6.45) is 1.36. The summed E-state index contributed by atoms with van der Waals surface area (Å²) in [5.41, 5.74) is 0.483. The molecular weight excluding hydrogens is 362 g/mol. The molecule has 1 aromatic heterocycles. The van der Waals surface area contributed by atoms with Gasteiger partial charge in [-0.2, -0.15) is 0 Å². The van der Waals surface area contributed by atoms with E-state index >= 15 is 0 Å². The van der Waals surface area contributed by atoms with Crippen LogP contribution in [0, 0.1) is 0 Å². The number of rotatable bonds is 6. The second-order valence-electron chi connectivity index (χ2n) is 4.91. The fourth-order valence-corrected chi connectivity index (χ4v) is 2.76. The number of hydrogen-bond acceptors (Lipinski definition) is 6. The zero-order chi connectivity index (χ0) is 17.6. The number of benzene rings is 2. The van der Waals surface area contributed by atoms with Crippen molar-refractivity contribution in [1.82, 2.24) is 14.9 Å². The van der Waals surface area contributed by atoms with Crippen LogP contribution in [0.25, 0.3) is 0 Å². The molecule has 0 saturated carbocycles. The Morgan fingerprint density at radius 1 is 1.28 bits per heavy atom. The van der Waals surface area contributed by atoms with Gasteiger partial charge >= 0.3 is 0 Å². The Balaban J connectivity index is 1.69. The first-order valence-corrected chi connectivity index (χ1v) is 8.58. The van der Waals surface area contributed by atoms with E-state index in [1.165, 1.54) is 22.8 Å². The van der Waals surface area contributed by atoms with Crippen molar-refractivity contribution in [2.24, 2.45) is 0 Å². The predicted molar refractivity (Wildman–Crippen MR) is 97.5 cm³/mol. The molecule has 3 aromatic rings. The largest absolute Gasteiger partial charge is 0.455 e. The summed E-state index contributed by atoms with van der Waals surface area (Å²) in [5.74, 6) is 6.64. The number of anilines is 1. The fraction of sp³-hybridized carbons (Fsp3) is 0.0625. The zero-order valence-electron chi connectivity index (χ0n) is 12.9. The second-order valence-corrected chi connectivity index (χ2v) is 6.29. The third kappa shape index (κ3) is 4.65. The zero-order valence-corrected chi connectivity index (χ0v) is 14.5. The number of aromatic nitrogens is 3. The van der Waals surface area contributed by atoms with Crippen molar-refractivity contribution >= 4 is 35.0 Å². The number of thioether (sulfide) groups is 1. The van der Waals surface area contributed by atoms with Crippen LogP contribution in [0.4, 0.5) is 5.69 Å². The lowest BCUT2D eigenvalue weighted by Crippen LogP contribution is -2.16. The maximum atomic E-state index is 12.2. The fourth-order valence-electron chi connectivity index (χ4n) is 1.96. The number of nitrogens with one attached hydrogen (secondary N) is 1. The minimum Gasteiger partial charge on any atom is -0.455 e. The standard InChI is InChI=1S/C16H14ClN5O2S/c17-11-6-7-14(24-12-4-2-1-3-5-12)13(8-11)20-15(23)9-25-16-21-19-10-22(16)18/h1-8,10H,9,18H2,(H,20,23). The lowest BCUT2D eigenvalue weighted by Gasteiger charge is -2.12. The minimum absolute atomic E-state index is 0.118. The topological polar surface area (TPSA) is 95.1 Å². The van der Waals surface area contributed by atoms with Crippen LogP contribution in [0.3, 0.4) is 0 Å². The maximum Gasteiger partial charge on any atom is 0.234 e. The highest BCUT2D eigenvalue weighted by Crippen LogP contribution is 2.32. The van der Waals surface area contributed by atoms with Gasteiger partial charge in [-0.1, -0.05) is 41.6 Å². The molecule has 0 aliphatic rings. The summed E-state index contributed by atoms with van der Waals surface area (Å²) in [6.45, 7) is 0. The molecule has 3 rings (SSSR count). The summed E-state index contributed by atoms with van der Waals surface area (Å²) >= 11 is 7.21. The number of hydrogen-bond donors (Lipinski definition) is 2. The molecular formula is C16H14ClN5O2S. The molecule has 1 heterocycles. The number of nitrogens with zero attached hydrogens (tertiary/aromatic N) is 3. The third-order valence-electron chi connectivity index (χ3n) is 3.06. The van der Waals surface area contributed by atoms with Gasteiger partial charge in [0, 0.05) is 5.02 Å². The lowest BCUT2D eigenvalue weighted by molar-refractivity contribution is -0.113. The van der Waals surface area contributed by atoms with Crippen molar-refractivity contribution in [3.63, 3.8) is 0 Å². The van der Waals surface area contributed by atoms with Gasteiger partial charge in [0.1, 0.15) is 12.1 Å².